The van der Waals surface area contributed by atoms with Gasteiger partial charge in [-0.2, -0.15) is 13.2 Å². The highest BCUT2D eigenvalue weighted by Gasteiger charge is 2.44. The number of carbonyl (C=O) groups is 2. The fraction of sp³-hybridized carbons (Fsp3) is 0.409. The van der Waals surface area contributed by atoms with Gasteiger partial charge in [-0.25, -0.2) is 0 Å². The van der Waals surface area contributed by atoms with E-state index in [9.17, 15) is 27.6 Å². The molecule has 2 amide bonds. The van der Waals surface area contributed by atoms with Gasteiger partial charge in [0.15, 0.2) is 0 Å². The predicted molar refractivity (Wildman–Crippen MR) is 111 cm³/mol. The second-order valence-electron chi connectivity index (χ2n) is 7.59. The van der Waals surface area contributed by atoms with Crippen molar-refractivity contribution in [2.75, 3.05) is 19.0 Å². The Morgan fingerprint density at radius 3 is 2.53 bits per heavy atom. The van der Waals surface area contributed by atoms with Crippen molar-refractivity contribution in [2.24, 2.45) is 5.92 Å². The molecule has 7 nitrogen and oxygen atoms in total. The number of unbranched alkanes of at least 4 members (excludes halogenated alkanes) is 1. The molecular weight excluding hydrogens is 427 g/mol. The van der Waals surface area contributed by atoms with E-state index < -0.39 is 40.9 Å². The standard InChI is InChI=1S/C22H24F3N3O4/c1-3-4-9-28-18(29)11-16(19(28)13-5-7-15(32-2)8-6-13)20(30)27-17-10-14(22(23,24)25)12-26-21(17)31/h5-8,10,12,16,19H,3-4,9,11H2,1-2H3,(H,26,31)(H,27,30). The van der Waals surface area contributed by atoms with Crippen LogP contribution in [0.25, 0.3) is 0 Å². The molecule has 3 rings (SSSR count). The summed E-state index contributed by atoms with van der Waals surface area (Å²) in [6.07, 6.45) is -2.67. The summed E-state index contributed by atoms with van der Waals surface area (Å²) in [5.74, 6) is -1.18. The number of rotatable bonds is 7. The molecule has 2 aromatic rings. The molecule has 10 heteroatoms. The summed E-state index contributed by atoms with van der Waals surface area (Å²) in [7, 11) is 1.52. The Balaban J connectivity index is 1.92. The molecule has 1 aliphatic heterocycles. The van der Waals surface area contributed by atoms with E-state index in [0.29, 0.717) is 30.1 Å². The highest BCUT2D eigenvalue weighted by atomic mass is 19.4. The van der Waals surface area contributed by atoms with Crippen molar-refractivity contribution in [3.63, 3.8) is 0 Å². The number of hydrogen-bond donors (Lipinski definition) is 2. The summed E-state index contributed by atoms with van der Waals surface area (Å²) in [6, 6.07) is 6.90. The average Bonchev–Trinajstić information content (AvgIpc) is 3.09. The Bertz CT molecular complexity index is 1030. The number of halogens is 3. The van der Waals surface area contributed by atoms with Crippen LogP contribution in [0.15, 0.2) is 41.3 Å². The van der Waals surface area contributed by atoms with Crippen LogP contribution in [-0.4, -0.2) is 35.4 Å². The monoisotopic (exact) mass is 451 g/mol. The molecule has 2 atom stereocenters. The van der Waals surface area contributed by atoms with Gasteiger partial charge in [-0.1, -0.05) is 25.5 Å². The maximum Gasteiger partial charge on any atom is 0.417 e. The van der Waals surface area contributed by atoms with Crippen molar-refractivity contribution >= 4 is 17.5 Å². The van der Waals surface area contributed by atoms with Crippen molar-refractivity contribution < 1.29 is 27.5 Å². The van der Waals surface area contributed by atoms with Crippen LogP contribution < -0.4 is 15.6 Å². The third kappa shape index (κ3) is 4.95. The lowest BCUT2D eigenvalue weighted by Gasteiger charge is -2.28. The van der Waals surface area contributed by atoms with Crippen molar-refractivity contribution in [3.8, 4) is 5.75 Å². The number of pyridine rings is 1. The van der Waals surface area contributed by atoms with E-state index >= 15 is 0 Å². The number of anilines is 1. The topological polar surface area (TPSA) is 91.5 Å². The molecule has 0 aliphatic carbocycles. The fourth-order valence-electron chi connectivity index (χ4n) is 3.80. The molecular formula is C22H24F3N3O4. The van der Waals surface area contributed by atoms with E-state index in [4.69, 9.17) is 4.74 Å². The first-order chi connectivity index (χ1) is 15.2. The van der Waals surface area contributed by atoms with Crippen LogP contribution in [-0.2, 0) is 15.8 Å². The number of carbonyl (C=O) groups excluding carboxylic acids is 2. The first-order valence-corrected chi connectivity index (χ1v) is 10.2. The van der Waals surface area contributed by atoms with Crippen LogP contribution in [0.2, 0.25) is 0 Å². The largest absolute Gasteiger partial charge is 0.497 e. The van der Waals surface area contributed by atoms with Gasteiger partial charge in [-0.05, 0) is 30.2 Å². The lowest BCUT2D eigenvalue weighted by atomic mass is 9.92. The van der Waals surface area contributed by atoms with Gasteiger partial charge in [-0.3, -0.25) is 14.4 Å². The third-order valence-electron chi connectivity index (χ3n) is 5.47. The maximum atomic E-state index is 13.1. The molecule has 2 N–H and O–H groups in total. The molecule has 1 fully saturated rings. The number of hydrogen-bond acceptors (Lipinski definition) is 4. The van der Waals surface area contributed by atoms with Crippen LogP contribution in [0.1, 0.15) is 43.4 Å². The molecule has 0 bridgehead atoms. The number of H-pyrrole nitrogens is 1. The van der Waals surface area contributed by atoms with Crippen molar-refractivity contribution in [1.82, 2.24) is 9.88 Å². The molecule has 1 saturated heterocycles. The zero-order chi connectivity index (χ0) is 23.5. The Hall–Kier alpha value is -3.30. The first-order valence-electron chi connectivity index (χ1n) is 10.2. The summed E-state index contributed by atoms with van der Waals surface area (Å²) in [6.45, 7) is 2.42. The molecule has 0 spiro atoms. The number of likely N-dealkylation sites (tertiary alicyclic amines) is 1. The molecule has 2 heterocycles. The quantitative estimate of drug-likeness (QED) is 0.671. The number of nitrogens with zero attached hydrogens (tertiary/aromatic N) is 1. The maximum absolute atomic E-state index is 13.1. The molecule has 1 aliphatic rings. The lowest BCUT2D eigenvalue weighted by Crippen LogP contribution is -2.34. The summed E-state index contributed by atoms with van der Waals surface area (Å²) in [5.41, 5.74) is -1.77. The first kappa shape index (κ1) is 23.4. The zero-order valence-corrected chi connectivity index (χ0v) is 17.7. The van der Waals surface area contributed by atoms with Gasteiger partial charge in [0.1, 0.15) is 11.4 Å². The minimum Gasteiger partial charge on any atom is -0.497 e. The SMILES string of the molecule is CCCCN1C(=O)CC(C(=O)Nc2cc(C(F)(F)F)c[nH]c2=O)C1c1ccc(OC)cc1. The number of ether oxygens (including phenoxy) is 1. The predicted octanol–water partition coefficient (Wildman–Crippen LogP) is 3.73. The Kier molecular flexibility index (Phi) is 6.90. The Morgan fingerprint density at radius 2 is 1.94 bits per heavy atom. The van der Waals surface area contributed by atoms with Gasteiger partial charge >= 0.3 is 6.18 Å². The van der Waals surface area contributed by atoms with Crippen LogP contribution in [0.3, 0.4) is 0 Å². The van der Waals surface area contributed by atoms with E-state index in [-0.39, 0.29) is 12.3 Å². The van der Waals surface area contributed by atoms with Gasteiger partial charge in [0, 0.05) is 19.2 Å². The van der Waals surface area contributed by atoms with Crippen molar-refractivity contribution in [3.05, 3.63) is 58.0 Å². The molecule has 0 radical (unpaired) electrons. The molecule has 2 unspecified atom stereocenters. The van der Waals surface area contributed by atoms with Crippen LogP contribution in [0, 0.1) is 5.92 Å². The number of nitrogens with one attached hydrogen (secondary N) is 2. The summed E-state index contributed by atoms with van der Waals surface area (Å²) >= 11 is 0. The second-order valence-corrected chi connectivity index (χ2v) is 7.59. The van der Waals surface area contributed by atoms with Crippen molar-refractivity contribution in [1.29, 1.82) is 0 Å². The van der Waals surface area contributed by atoms with E-state index in [2.05, 4.69) is 5.32 Å². The lowest BCUT2D eigenvalue weighted by molar-refractivity contribution is -0.138. The molecule has 0 saturated carbocycles. The van der Waals surface area contributed by atoms with E-state index in [1.165, 1.54) is 7.11 Å². The number of aromatic amines is 1. The van der Waals surface area contributed by atoms with E-state index in [1.54, 1.807) is 29.2 Å². The van der Waals surface area contributed by atoms with Gasteiger partial charge in [0.25, 0.3) is 5.56 Å². The number of alkyl halides is 3. The molecule has 1 aromatic heterocycles. The zero-order valence-electron chi connectivity index (χ0n) is 17.7. The normalized spacial score (nSPS) is 18.7. The third-order valence-corrected chi connectivity index (χ3v) is 5.47. The Morgan fingerprint density at radius 1 is 1.25 bits per heavy atom. The van der Waals surface area contributed by atoms with E-state index in [0.717, 1.165) is 12.8 Å². The summed E-state index contributed by atoms with van der Waals surface area (Å²) in [5, 5.41) is 2.30. The second kappa shape index (κ2) is 9.46. The minimum atomic E-state index is -4.68. The van der Waals surface area contributed by atoms with Gasteiger partial charge in [0.2, 0.25) is 11.8 Å². The number of aromatic nitrogens is 1. The van der Waals surface area contributed by atoms with Crippen LogP contribution in [0.5, 0.6) is 5.75 Å². The molecule has 172 valence electrons. The molecule has 1 aromatic carbocycles. The summed E-state index contributed by atoms with van der Waals surface area (Å²) in [4.78, 5) is 41.4. The average molecular weight is 451 g/mol. The highest BCUT2D eigenvalue weighted by molar-refractivity contribution is 5.98. The van der Waals surface area contributed by atoms with Crippen molar-refractivity contribution in [2.45, 2.75) is 38.4 Å². The molecule has 32 heavy (non-hydrogen) atoms. The van der Waals surface area contributed by atoms with Gasteiger partial charge in [-0.15, -0.1) is 0 Å². The summed E-state index contributed by atoms with van der Waals surface area (Å²) < 4.78 is 44.2. The van der Waals surface area contributed by atoms with Crippen LogP contribution >= 0.6 is 0 Å². The fourth-order valence-corrected chi connectivity index (χ4v) is 3.80. The number of methoxy groups -OCH3 is 1. The number of benzene rings is 1. The highest BCUT2D eigenvalue weighted by Crippen LogP contribution is 2.39. The number of amides is 2. The minimum absolute atomic E-state index is 0.108. The van der Waals surface area contributed by atoms with Gasteiger partial charge < -0.3 is 19.9 Å². The smallest absolute Gasteiger partial charge is 0.417 e. The van der Waals surface area contributed by atoms with Crippen LogP contribution in [0.4, 0.5) is 18.9 Å². The Labute approximate surface area is 182 Å². The van der Waals surface area contributed by atoms with E-state index in [1.807, 2.05) is 11.9 Å². The van der Waals surface area contributed by atoms with Gasteiger partial charge in [0.05, 0.1) is 24.6 Å².